The molecule has 2 heterocycles. The minimum atomic E-state index is -4.59. The summed E-state index contributed by atoms with van der Waals surface area (Å²) >= 11 is 0. The van der Waals surface area contributed by atoms with Gasteiger partial charge in [-0.2, -0.15) is 13.2 Å². The van der Waals surface area contributed by atoms with Crippen molar-refractivity contribution in [2.24, 2.45) is 5.92 Å². The van der Waals surface area contributed by atoms with Crippen LogP contribution >= 0.6 is 0 Å². The molecule has 1 aromatic carbocycles. The van der Waals surface area contributed by atoms with E-state index < -0.39 is 23.2 Å². The first kappa shape index (κ1) is 28.5. The van der Waals surface area contributed by atoms with Crippen LogP contribution in [0.3, 0.4) is 0 Å². The van der Waals surface area contributed by atoms with Crippen molar-refractivity contribution >= 4 is 11.7 Å². The summed E-state index contributed by atoms with van der Waals surface area (Å²) in [6, 6.07) is 6.44. The number of aromatic nitrogens is 4. The number of nitrogens with zero attached hydrogens (tertiary/aromatic N) is 3. The highest BCUT2D eigenvalue weighted by Gasteiger charge is 2.34. The number of carbonyl (C=O) groups excluding carboxylic acids is 1. The number of halogens is 3. The van der Waals surface area contributed by atoms with Crippen molar-refractivity contribution < 1.29 is 27.8 Å². The molecule has 4 rings (SSSR count). The fourth-order valence-electron chi connectivity index (χ4n) is 4.77. The summed E-state index contributed by atoms with van der Waals surface area (Å²) in [5, 5.41) is 20.4. The minimum Gasteiger partial charge on any atom is -0.494 e. The Morgan fingerprint density at radius 1 is 1.13 bits per heavy atom. The van der Waals surface area contributed by atoms with Crippen molar-refractivity contribution in [1.29, 1.82) is 0 Å². The summed E-state index contributed by atoms with van der Waals surface area (Å²) in [5.74, 6) is 0.982. The first-order valence-corrected chi connectivity index (χ1v) is 13.2. The molecule has 3 N–H and O–H groups in total. The standard InChI is InChI=1S/C28H34F3N5O3/c1-27(2,38)12-5-6-14-39-20-9-10-22(28(29,30)31)21(17-20)19-11-13-32-23(16-19)34-26(37)25-33-24(35-36-25)15-18-7-3-4-8-18/h9-11,13,16-18,38H,3-8,12,14-15H2,1-2H3,(H,32,34,37)(H,33,35,36). The fraction of sp³-hybridized carbons (Fsp3) is 0.500. The molecule has 1 aliphatic rings. The van der Waals surface area contributed by atoms with Gasteiger partial charge in [-0.25, -0.2) is 4.98 Å². The average Bonchev–Trinajstić information content (AvgIpc) is 3.55. The normalized spacial score (nSPS) is 14.5. The van der Waals surface area contributed by atoms with Crippen molar-refractivity contribution in [2.75, 3.05) is 11.9 Å². The number of unbranched alkanes of at least 4 members (excludes halogenated alkanes) is 1. The van der Waals surface area contributed by atoms with Crippen molar-refractivity contribution in [3.63, 3.8) is 0 Å². The van der Waals surface area contributed by atoms with Crippen LogP contribution in [0.15, 0.2) is 36.5 Å². The van der Waals surface area contributed by atoms with Crippen LogP contribution in [0.1, 0.15) is 80.8 Å². The molecule has 1 amide bonds. The number of aromatic amines is 1. The van der Waals surface area contributed by atoms with E-state index in [0.717, 1.165) is 31.7 Å². The molecule has 210 valence electrons. The topological polar surface area (TPSA) is 113 Å². The first-order valence-electron chi connectivity index (χ1n) is 13.2. The molecule has 1 saturated carbocycles. The maximum Gasteiger partial charge on any atom is 0.417 e. The zero-order valence-electron chi connectivity index (χ0n) is 22.1. The fourth-order valence-corrected chi connectivity index (χ4v) is 4.77. The second kappa shape index (κ2) is 12.1. The van der Waals surface area contributed by atoms with Crippen molar-refractivity contribution in [2.45, 2.75) is 77.0 Å². The van der Waals surface area contributed by atoms with Crippen molar-refractivity contribution in [3.05, 3.63) is 53.7 Å². The molecule has 3 aromatic rings. The lowest BCUT2D eigenvalue weighted by Crippen LogP contribution is -2.18. The van der Waals surface area contributed by atoms with Gasteiger partial charge in [0.05, 0.1) is 17.8 Å². The number of pyridine rings is 1. The van der Waals surface area contributed by atoms with E-state index in [1.807, 2.05) is 0 Å². The Labute approximate surface area is 225 Å². The van der Waals surface area contributed by atoms with Crippen LogP contribution in [0.5, 0.6) is 5.75 Å². The smallest absolute Gasteiger partial charge is 0.417 e. The molecular weight excluding hydrogens is 511 g/mol. The van der Waals surface area contributed by atoms with Gasteiger partial charge < -0.3 is 20.1 Å². The van der Waals surface area contributed by atoms with Crippen LogP contribution in [0.2, 0.25) is 0 Å². The summed E-state index contributed by atoms with van der Waals surface area (Å²) in [4.78, 5) is 19.8. The average molecular weight is 546 g/mol. The summed E-state index contributed by atoms with van der Waals surface area (Å²) in [6.07, 6.45) is 4.09. The molecule has 0 aliphatic heterocycles. The molecule has 0 saturated heterocycles. The lowest BCUT2D eigenvalue weighted by atomic mass is 9.99. The molecule has 1 aliphatic carbocycles. The molecule has 0 unspecified atom stereocenters. The number of benzene rings is 1. The van der Waals surface area contributed by atoms with E-state index in [1.54, 1.807) is 13.8 Å². The third-order valence-electron chi connectivity index (χ3n) is 6.77. The number of aliphatic hydroxyl groups is 1. The van der Waals surface area contributed by atoms with E-state index in [1.165, 1.54) is 43.3 Å². The summed E-state index contributed by atoms with van der Waals surface area (Å²) < 4.78 is 47.2. The Hall–Kier alpha value is -3.47. The Bertz CT molecular complexity index is 1260. The molecule has 1 fully saturated rings. The van der Waals surface area contributed by atoms with E-state index in [4.69, 9.17) is 4.74 Å². The molecule has 11 heteroatoms. The van der Waals surface area contributed by atoms with E-state index in [9.17, 15) is 23.1 Å². The van der Waals surface area contributed by atoms with Crippen LogP contribution in [-0.4, -0.2) is 43.4 Å². The Balaban J connectivity index is 1.46. The van der Waals surface area contributed by atoms with E-state index in [2.05, 4.69) is 25.5 Å². The highest BCUT2D eigenvalue weighted by Crippen LogP contribution is 2.39. The third kappa shape index (κ3) is 8.26. The Morgan fingerprint density at radius 3 is 2.62 bits per heavy atom. The second-order valence-electron chi connectivity index (χ2n) is 10.7. The monoisotopic (exact) mass is 545 g/mol. The highest BCUT2D eigenvalue weighted by atomic mass is 19.4. The van der Waals surface area contributed by atoms with E-state index >= 15 is 0 Å². The molecule has 39 heavy (non-hydrogen) atoms. The first-order chi connectivity index (χ1) is 18.5. The number of ether oxygens (including phenoxy) is 1. The van der Waals surface area contributed by atoms with Gasteiger partial charge in [0.15, 0.2) is 0 Å². The van der Waals surface area contributed by atoms with Gasteiger partial charge in [0.25, 0.3) is 5.91 Å². The van der Waals surface area contributed by atoms with Crippen molar-refractivity contribution in [3.8, 4) is 16.9 Å². The molecule has 8 nitrogen and oxygen atoms in total. The van der Waals surface area contributed by atoms with E-state index in [-0.39, 0.29) is 22.8 Å². The zero-order chi connectivity index (χ0) is 28.0. The Kier molecular flexibility index (Phi) is 8.89. The number of alkyl halides is 3. The molecule has 0 spiro atoms. The molecular formula is C28H34F3N5O3. The number of amides is 1. The number of carbonyl (C=O) groups is 1. The molecule has 0 atom stereocenters. The van der Waals surface area contributed by atoms with Crippen molar-refractivity contribution in [1.82, 2.24) is 20.2 Å². The lowest BCUT2D eigenvalue weighted by Gasteiger charge is -2.17. The molecule has 0 bridgehead atoms. The third-order valence-corrected chi connectivity index (χ3v) is 6.77. The summed E-state index contributed by atoms with van der Waals surface area (Å²) in [5.41, 5.74) is -1.47. The van der Waals surface area contributed by atoms with Crippen LogP contribution in [0, 0.1) is 5.92 Å². The summed E-state index contributed by atoms with van der Waals surface area (Å²) in [7, 11) is 0. The summed E-state index contributed by atoms with van der Waals surface area (Å²) in [6.45, 7) is 3.75. The largest absolute Gasteiger partial charge is 0.494 e. The van der Waals surface area contributed by atoms with Crippen LogP contribution < -0.4 is 10.1 Å². The second-order valence-corrected chi connectivity index (χ2v) is 10.7. The molecule has 0 radical (unpaired) electrons. The van der Waals surface area contributed by atoms with Crippen LogP contribution in [-0.2, 0) is 12.6 Å². The van der Waals surface area contributed by atoms with Gasteiger partial charge in [0.2, 0.25) is 5.82 Å². The SMILES string of the molecule is CC(C)(O)CCCCOc1ccc(C(F)(F)F)c(-c2ccnc(NC(=O)c3nnc(CC4CCCC4)[nH]3)c2)c1. The minimum absolute atomic E-state index is 0.0196. The maximum atomic E-state index is 13.8. The quantitative estimate of drug-likeness (QED) is 0.248. The number of anilines is 1. The highest BCUT2D eigenvalue weighted by molar-refractivity contribution is 6.01. The number of nitrogens with one attached hydrogen (secondary N) is 2. The predicted octanol–water partition coefficient (Wildman–Crippen LogP) is 6.19. The van der Waals surface area contributed by atoms with Gasteiger partial charge in [-0.05, 0) is 80.5 Å². The van der Waals surface area contributed by atoms with Crippen LogP contribution in [0.4, 0.5) is 19.0 Å². The van der Waals surface area contributed by atoms with Gasteiger partial charge in [0.1, 0.15) is 17.4 Å². The number of hydrogen-bond acceptors (Lipinski definition) is 6. The zero-order valence-corrected chi connectivity index (χ0v) is 22.1. The van der Waals surface area contributed by atoms with Crippen LogP contribution in [0.25, 0.3) is 11.1 Å². The lowest BCUT2D eigenvalue weighted by molar-refractivity contribution is -0.137. The van der Waals surface area contributed by atoms with E-state index in [0.29, 0.717) is 36.9 Å². The molecule has 2 aromatic heterocycles. The number of H-pyrrole nitrogens is 1. The predicted molar refractivity (Wildman–Crippen MR) is 140 cm³/mol. The maximum absolute atomic E-state index is 13.8. The van der Waals surface area contributed by atoms with Gasteiger partial charge in [-0.1, -0.05) is 25.7 Å². The van der Waals surface area contributed by atoms with Gasteiger partial charge >= 0.3 is 6.18 Å². The van der Waals surface area contributed by atoms with Gasteiger partial charge in [0, 0.05) is 12.6 Å². The number of rotatable bonds is 11. The number of hydrogen-bond donors (Lipinski definition) is 3. The van der Waals surface area contributed by atoms with Gasteiger partial charge in [-0.3, -0.25) is 4.79 Å². The Morgan fingerprint density at radius 2 is 1.90 bits per heavy atom. The van der Waals surface area contributed by atoms with Gasteiger partial charge in [-0.15, -0.1) is 10.2 Å².